The zero-order chi connectivity index (χ0) is 24.0. The fraction of sp³-hybridized carbons (Fsp3) is 0.524. The van der Waals surface area contributed by atoms with Gasteiger partial charge in [0.1, 0.15) is 0 Å². The number of carbonyl (C=O) groups is 1. The Morgan fingerprint density at radius 2 is 1.85 bits per heavy atom. The molecule has 1 aliphatic heterocycles. The van der Waals surface area contributed by atoms with Crippen LogP contribution in [0.25, 0.3) is 0 Å². The Kier molecular flexibility index (Phi) is 6.16. The quantitative estimate of drug-likeness (QED) is 0.703. The van der Waals surface area contributed by atoms with Crippen molar-refractivity contribution in [2.75, 3.05) is 31.1 Å². The molecular formula is C21H26F3N5O3S. The summed E-state index contributed by atoms with van der Waals surface area (Å²) in [6, 6.07) is 5.48. The molecule has 1 saturated carbocycles. The first-order valence-corrected chi connectivity index (χ1v) is 12.5. The van der Waals surface area contributed by atoms with Gasteiger partial charge in [0.2, 0.25) is 10.0 Å². The number of amides is 1. The summed E-state index contributed by atoms with van der Waals surface area (Å²) in [4.78, 5) is 16.5. The number of sulfonamides is 1. The lowest BCUT2D eigenvalue weighted by Gasteiger charge is -2.27. The van der Waals surface area contributed by atoms with Gasteiger partial charge in [-0.15, -0.1) is 0 Å². The Balaban J connectivity index is 1.35. The van der Waals surface area contributed by atoms with E-state index in [1.807, 2.05) is 11.9 Å². The Morgan fingerprint density at radius 1 is 1.21 bits per heavy atom. The van der Waals surface area contributed by atoms with Crippen molar-refractivity contribution in [1.29, 1.82) is 0 Å². The second kappa shape index (κ2) is 8.64. The molecule has 1 unspecified atom stereocenters. The molecule has 0 spiro atoms. The standard InChI is InChI=1S/C21H26F3N5O3S/c1-27(10-14-5-3-4-6-19(14)21(22,23)24)18-7-15-11-28(12-16(15)8-18)20(30)29-13-17(9-25-29)26-33(2,31)32/h3-6,9,13,15-16,18,26H,7-8,10-12H2,1-2H3/t15-,16+,18?. The van der Waals surface area contributed by atoms with Crippen molar-refractivity contribution in [2.24, 2.45) is 11.8 Å². The minimum Gasteiger partial charge on any atom is -0.322 e. The van der Waals surface area contributed by atoms with E-state index >= 15 is 0 Å². The number of fused-ring (bicyclic) bond motifs is 1. The van der Waals surface area contributed by atoms with Gasteiger partial charge in [-0.3, -0.25) is 9.62 Å². The molecule has 0 bridgehead atoms. The highest BCUT2D eigenvalue weighted by Crippen LogP contribution is 2.41. The van der Waals surface area contributed by atoms with Crippen molar-refractivity contribution in [3.8, 4) is 0 Å². The van der Waals surface area contributed by atoms with Gasteiger partial charge in [-0.25, -0.2) is 13.2 Å². The smallest absolute Gasteiger partial charge is 0.322 e. The minimum atomic E-state index is -4.38. The summed E-state index contributed by atoms with van der Waals surface area (Å²) in [5, 5.41) is 3.96. The van der Waals surface area contributed by atoms with Crippen molar-refractivity contribution in [3.63, 3.8) is 0 Å². The van der Waals surface area contributed by atoms with Crippen LogP contribution in [-0.4, -0.2) is 66.5 Å². The van der Waals surface area contributed by atoms with E-state index in [1.165, 1.54) is 24.5 Å². The molecule has 1 aliphatic carbocycles. The summed E-state index contributed by atoms with van der Waals surface area (Å²) < 4.78 is 66.0. The third-order valence-electron chi connectivity index (χ3n) is 6.44. The van der Waals surface area contributed by atoms with E-state index in [1.54, 1.807) is 11.0 Å². The summed E-state index contributed by atoms with van der Waals surface area (Å²) in [6.45, 7) is 1.30. The molecule has 8 nitrogen and oxygen atoms in total. The molecule has 1 aromatic carbocycles. The molecule has 0 radical (unpaired) electrons. The number of rotatable bonds is 5. The number of nitrogens with one attached hydrogen (secondary N) is 1. The van der Waals surface area contributed by atoms with Crippen molar-refractivity contribution in [3.05, 3.63) is 47.8 Å². The third kappa shape index (κ3) is 5.32. The number of hydrogen-bond acceptors (Lipinski definition) is 5. The Bertz CT molecular complexity index is 1120. The molecule has 180 valence electrons. The Labute approximate surface area is 190 Å². The molecule has 2 aliphatic rings. The highest BCUT2D eigenvalue weighted by molar-refractivity contribution is 7.92. The van der Waals surface area contributed by atoms with Gasteiger partial charge in [0.25, 0.3) is 0 Å². The molecule has 2 heterocycles. The van der Waals surface area contributed by atoms with Gasteiger partial charge in [0.05, 0.1) is 29.9 Å². The van der Waals surface area contributed by atoms with Crippen LogP contribution in [0.3, 0.4) is 0 Å². The monoisotopic (exact) mass is 485 g/mol. The van der Waals surface area contributed by atoms with E-state index in [0.29, 0.717) is 13.1 Å². The Morgan fingerprint density at radius 3 is 2.45 bits per heavy atom. The van der Waals surface area contributed by atoms with Crippen LogP contribution in [0.1, 0.15) is 24.0 Å². The van der Waals surface area contributed by atoms with Crippen LogP contribution >= 0.6 is 0 Å². The zero-order valence-electron chi connectivity index (χ0n) is 18.3. The summed E-state index contributed by atoms with van der Waals surface area (Å²) in [5.41, 5.74) is -0.125. The summed E-state index contributed by atoms with van der Waals surface area (Å²) in [5.74, 6) is 0.534. The van der Waals surface area contributed by atoms with Gasteiger partial charge in [-0.2, -0.15) is 23.0 Å². The SMILES string of the molecule is CN(Cc1ccccc1C(F)(F)F)C1C[C@@H]2CN(C(=O)n3cc(NS(C)(=O)=O)cn3)C[C@@H]2C1. The molecule has 1 N–H and O–H groups in total. The number of anilines is 1. The second-order valence-corrected chi connectivity index (χ2v) is 10.7. The molecule has 1 aromatic heterocycles. The average molecular weight is 486 g/mol. The van der Waals surface area contributed by atoms with Crippen LogP contribution in [0.2, 0.25) is 0 Å². The lowest BCUT2D eigenvalue weighted by molar-refractivity contribution is -0.138. The number of halogens is 3. The van der Waals surface area contributed by atoms with Crippen LogP contribution in [0.15, 0.2) is 36.7 Å². The first kappa shape index (κ1) is 23.6. The maximum atomic E-state index is 13.3. The second-order valence-electron chi connectivity index (χ2n) is 8.95. The molecular weight excluding hydrogens is 459 g/mol. The van der Waals surface area contributed by atoms with Crippen LogP contribution in [0.4, 0.5) is 23.7 Å². The van der Waals surface area contributed by atoms with E-state index in [2.05, 4.69) is 9.82 Å². The largest absolute Gasteiger partial charge is 0.416 e. The maximum Gasteiger partial charge on any atom is 0.416 e. The number of hydrogen-bond donors (Lipinski definition) is 1. The highest BCUT2D eigenvalue weighted by atomic mass is 32.2. The van der Waals surface area contributed by atoms with Crippen LogP contribution in [0, 0.1) is 11.8 Å². The van der Waals surface area contributed by atoms with Gasteiger partial charge < -0.3 is 4.90 Å². The maximum absolute atomic E-state index is 13.3. The summed E-state index contributed by atoms with van der Waals surface area (Å²) in [6.07, 6.45) is 0.862. The van der Waals surface area contributed by atoms with Gasteiger partial charge in [0, 0.05) is 25.7 Å². The molecule has 2 aromatic rings. The minimum absolute atomic E-state index is 0.147. The number of alkyl halides is 3. The van der Waals surface area contributed by atoms with E-state index in [-0.39, 0.29) is 41.7 Å². The van der Waals surface area contributed by atoms with Gasteiger partial charge >= 0.3 is 12.2 Å². The van der Waals surface area contributed by atoms with Crippen LogP contribution in [0.5, 0.6) is 0 Å². The van der Waals surface area contributed by atoms with Crippen molar-refractivity contribution in [1.82, 2.24) is 19.6 Å². The number of nitrogens with zero attached hydrogens (tertiary/aromatic N) is 4. The first-order chi connectivity index (χ1) is 15.4. The zero-order valence-corrected chi connectivity index (χ0v) is 19.1. The third-order valence-corrected chi connectivity index (χ3v) is 7.05. The molecule has 1 saturated heterocycles. The highest BCUT2D eigenvalue weighted by Gasteiger charge is 2.44. The topological polar surface area (TPSA) is 87.5 Å². The van der Waals surface area contributed by atoms with Crippen molar-refractivity contribution < 1.29 is 26.4 Å². The number of benzene rings is 1. The molecule has 12 heteroatoms. The lowest BCUT2D eigenvalue weighted by Crippen LogP contribution is -2.36. The van der Waals surface area contributed by atoms with Crippen LogP contribution < -0.4 is 4.72 Å². The molecule has 2 fully saturated rings. The average Bonchev–Trinajstić information content (AvgIpc) is 3.40. The van der Waals surface area contributed by atoms with E-state index in [4.69, 9.17) is 0 Å². The summed E-state index contributed by atoms with van der Waals surface area (Å²) >= 11 is 0. The fourth-order valence-corrected chi connectivity index (χ4v) is 5.49. The lowest BCUT2D eigenvalue weighted by atomic mass is 10.0. The molecule has 33 heavy (non-hydrogen) atoms. The van der Waals surface area contributed by atoms with Gasteiger partial charge in [-0.1, -0.05) is 18.2 Å². The van der Waals surface area contributed by atoms with Gasteiger partial charge in [0.15, 0.2) is 0 Å². The van der Waals surface area contributed by atoms with E-state index in [0.717, 1.165) is 29.8 Å². The van der Waals surface area contributed by atoms with E-state index < -0.39 is 21.8 Å². The fourth-order valence-electron chi connectivity index (χ4n) is 4.96. The Hall–Kier alpha value is -2.60. The predicted molar refractivity (Wildman–Crippen MR) is 116 cm³/mol. The number of carbonyl (C=O) groups excluding carboxylic acids is 1. The first-order valence-electron chi connectivity index (χ1n) is 10.6. The number of likely N-dealkylation sites (tertiary alicyclic amines) is 1. The predicted octanol–water partition coefficient (Wildman–Crippen LogP) is 3.08. The van der Waals surface area contributed by atoms with Gasteiger partial charge in [-0.05, 0) is 43.4 Å². The van der Waals surface area contributed by atoms with Crippen LogP contribution in [-0.2, 0) is 22.7 Å². The summed E-state index contributed by atoms with van der Waals surface area (Å²) in [7, 11) is -1.62. The van der Waals surface area contributed by atoms with Crippen molar-refractivity contribution in [2.45, 2.75) is 31.6 Å². The normalized spacial score (nSPS) is 23.2. The molecule has 3 atom stereocenters. The van der Waals surface area contributed by atoms with Crippen molar-refractivity contribution >= 4 is 21.7 Å². The molecule has 4 rings (SSSR count). The molecule has 1 amide bonds. The van der Waals surface area contributed by atoms with E-state index in [9.17, 15) is 26.4 Å². The number of aromatic nitrogens is 2.